The number of aromatic nitrogens is 3. The molecule has 156 valence electrons. The van der Waals surface area contributed by atoms with E-state index in [1.54, 1.807) is 19.3 Å². The number of pyridine rings is 1. The largest absolute Gasteiger partial charge is 0.346 e. The van der Waals surface area contributed by atoms with E-state index in [-0.39, 0.29) is 25.7 Å². The van der Waals surface area contributed by atoms with E-state index < -0.39 is 29.1 Å². The van der Waals surface area contributed by atoms with Gasteiger partial charge in [0.15, 0.2) is 0 Å². The number of carbonyl (C=O) groups is 1. The molecular weight excluding hydrogens is 378 g/mol. The first-order valence-corrected chi connectivity index (χ1v) is 9.42. The molecule has 0 aliphatic heterocycles. The summed E-state index contributed by atoms with van der Waals surface area (Å²) in [6.45, 7) is 3.57. The molecule has 0 bridgehead atoms. The number of aromatic amines is 1. The molecule has 1 aliphatic carbocycles. The van der Waals surface area contributed by atoms with E-state index in [1.165, 1.54) is 25.3 Å². The third-order valence-corrected chi connectivity index (χ3v) is 4.22. The standard InChI is InChI=1S/C18H16F2N4O2.C3H6.2H2/c1-9-7-21-17(22-8-9)10(2)23-16(25)4-11-3-13-14(20)5-12(19)6-15(13)24-18(11)26;1-2-3-1;;/h3,5-8,10H,4H2,1-2H3,(H,23,25)(H,24,26);1-3H2;2*1H/t10-;;;/m0.../s1. The normalized spacial score (nSPS) is 13.4. The van der Waals surface area contributed by atoms with Crippen molar-refractivity contribution in [3.05, 3.63) is 69.5 Å². The van der Waals surface area contributed by atoms with Crippen LogP contribution in [0.1, 0.15) is 52.0 Å². The van der Waals surface area contributed by atoms with Crippen LogP contribution in [0.4, 0.5) is 8.78 Å². The molecule has 0 saturated heterocycles. The van der Waals surface area contributed by atoms with Crippen molar-refractivity contribution in [3.63, 3.8) is 0 Å². The third-order valence-electron chi connectivity index (χ3n) is 4.22. The van der Waals surface area contributed by atoms with Gasteiger partial charge in [0.25, 0.3) is 5.56 Å². The second kappa shape index (κ2) is 8.89. The molecule has 1 fully saturated rings. The Morgan fingerprint density at radius 1 is 1.21 bits per heavy atom. The van der Waals surface area contributed by atoms with Crippen molar-refractivity contribution in [2.75, 3.05) is 0 Å². The number of nitrogens with zero attached hydrogens (tertiary/aromatic N) is 2. The average molecular weight is 404 g/mol. The fourth-order valence-corrected chi connectivity index (χ4v) is 2.56. The summed E-state index contributed by atoms with van der Waals surface area (Å²) in [4.78, 5) is 35.0. The lowest BCUT2D eigenvalue weighted by Crippen LogP contribution is -2.31. The van der Waals surface area contributed by atoms with Crippen LogP contribution < -0.4 is 10.9 Å². The van der Waals surface area contributed by atoms with E-state index in [2.05, 4.69) is 20.3 Å². The highest BCUT2D eigenvalue weighted by Crippen LogP contribution is 2.18. The maximum atomic E-state index is 13.9. The van der Waals surface area contributed by atoms with Crippen molar-refractivity contribution >= 4 is 16.8 Å². The van der Waals surface area contributed by atoms with Gasteiger partial charge in [-0.15, -0.1) is 0 Å². The van der Waals surface area contributed by atoms with Crippen molar-refractivity contribution in [1.82, 2.24) is 20.3 Å². The van der Waals surface area contributed by atoms with Crippen LogP contribution in [-0.4, -0.2) is 20.9 Å². The SMILES string of the molecule is C1CC1.Cc1cnc([C@H](C)NC(=O)Cc2cc3c(F)cc(F)cc3[nH]c2=O)nc1.[HH].[HH]. The number of H-pyrrole nitrogens is 1. The van der Waals surface area contributed by atoms with E-state index in [1.807, 2.05) is 6.92 Å². The lowest BCUT2D eigenvalue weighted by molar-refractivity contribution is -0.121. The lowest BCUT2D eigenvalue weighted by atomic mass is 10.1. The second-order valence-electron chi connectivity index (χ2n) is 7.12. The van der Waals surface area contributed by atoms with Gasteiger partial charge in [-0.25, -0.2) is 18.7 Å². The molecule has 3 aromatic rings. The number of rotatable bonds is 4. The maximum Gasteiger partial charge on any atom is 0.252 e. The molecule has 0 spiro atoms. The number of hydrogen-bond donors (Lipinski definition) is 2. The zero-order valence-electron chi connectivity index (χ0n) is 16.3. The predicted octanol–water partition coefficient (Wildman–Crippen LogP) is 3.99. The second-order valence-corrected chi connectivity index (χ2v) is 7.12. The molecule has 8 heteroatoms. The number of hydrogen-bond acceptors (Lipinski definition) is 4. The summed E-state index contributed by atoms with van der Waals surface area (Å²) >= 11 is 0. The van der Waals surface area contributed by atoms with Crippen LogP contribution >= 0.6 is 0 Å². The van der Waals surface area contributed by atoms with Gasteiger partial charge in [0.2, 0.25) is 5.91 Å². The van der Waals surface area contributed by atoms with E-state index in [9.17, 15) is 18.4 Å². The maximum absolute atomic E-state index is 13.9. The van der Waals surface area contributed by atoms with Crippen molar-refractivity contribution < 1.29 is 16.4 Å². The fraction of sp³-hybridized carbons (Fsp3) is 0.333. The molecule has 0 radical (unpaired) electrons. The Balaban J connectivity index is 0.000000885. The minimum Gasteiger partial charge on any atom is -0.346 e. The van der Waals surface area contributed by atoms with Crippen LogP contribution in [0.25, 0.3) is 10.9 Å². The first kappa shape index (κ1) is 20.6. The molecule has 6 nitrogen and oxygen atoms in total. The summed E-state index contributed by atoms with van der Waals surface area (Å²) in [5, 5.41) is 2.74. The van der Waals surface area contributed by atoms with Crippen LogP contribution in [0.15, 0.2) is 35.4 Å². The van der Waals surface area contributed by atoms with Crippen LogP contribution in [0.3, 0.4) is 0 Å². The average Bonchev–Trinajstić information content (AvgIpc) is 3.52. The molecule has 1 atom stereocenters. The molecule has 1 amide bonds. The van der Waals surface area contributed by atoms with Gasteiger partial charge in [-0.2, -0.15) is 0 Å². The summed E-state index contributed by atoms with van der Waals surface area (Å²) in [6.07, 6.45) is 7.53. The minimum atomic E-state index is -0.806. The van der Waals surface area contributed by atoms with Gasteiger partial charge in [0.05, 0.1) is 18.0 Å². The minimum absolute atomic E-state index is 0. The molecule has 1 aromatic carbocycles. The lowest BCUT2D eigenvalue weighted by Gasteiger charge is -2.12. The first-order valence-electron chi connectivity index (χ1n) is 9.42. The Hall–Kier alpha value is -3.16. The zero-order valence-corrected chi connectivity index (χ0v) is 16.3. The van der Waals surface area contributed by atoms with Crippen LogP contribution in [0.5, 0.6) is 0 Å². The number of amides is 1. The smallest absolute Gasteiger partial charge is 0.252 e. The third kappa shape index (κ3) is 5.66. The topological polar surface area (TPSA) is 87.7 Å². The molecule has 4 rings (SSSR count). The number of halogens is 2. The van der Waals surface area contributed by atoms with E-state index in [0.717, 1.165) is 17.7 Å². The van der Waals surface area contributed by atoms with Crippen molar-refractivity contribution in [2.24, 2.45) is 0 Å². The Bertz CT molecular complexity index is 1090. The predicted molar refractivity (Wildman–Crippen MR) is 110 cm³/mol. The number of nitrogens with one attached hydrogen (secondary N) is 2. The van der Waals surface area contributed by atoms with Gasteiger partial charge in [0, 0.05) is 32.3 Å². The Morgan fingerprint density at radius 2 is 1.86 bits per heavy atom. The molecule has 1 aliphatic rings. The Morgan fingerprint density at radius 3 is 2.48 bits per heavy atom. The molecule has 29 heavy (non-hydrogen) atoms. The van der Waals surface area contributed by atoms with Gasteiger partial charge >= 0.3 is 0 Å². The quantitative estimate of drug-likeness (QED) is 0.688. The summed E-state index contributed by atoms with van der Waals surface area (Å²) in [5.41, 5.74) is 0.445. The van der Waals surface area contributed by atoms with Gasteiger partial charge in [-0.3, -0.25) is 9.59 Å². The number of carbonyl (C=O) groups excluding carboxylic acids is 1. The molecular formula is C21H26F2N4O2. The number of aryl methyl sites for hydroxylation is 1. The van der Waals surface area contributed by atoms with Gasteiger partial charge in [-0.1, -0.05) is 19.3 Å². The summed E-state index contributed by atoms with van der Waals surface area (Å²) in [7, 11) is 0. The van der Waals surface area contributed by atoms with Gasteiger partial charge < -0.3 is 10.3 Å². The van der Waals surface area contributed by atoms with Crippen LogP contribution in [0.2, 0.25) is 0 Å². The molecule has 1 saturated carbocycles. The van der Waals surface area contributed by atoms with Gasteiger partial charge in [-0.05, 0) is 31.5 Å². The first-order chi connectivity index (χ1) is 13.8. The molecule has 2 N–H and O–H groups in total. The van der Waals surface area contributed by atoms with E-state index in [4.69, 9.17) is 0 Å². The highest BCUT2D eigenvalue weighted by atomic mass is 19.1. The number of fused-ring (bicyclic) bond motifs is 1. The monoisotopic (exact) mass is 404 g/mol. The fourth-order valence-electron chi connectivity index (χ4n) is 2.56. The van der Waals surface area contributed by atoms with Gasteiger partial charge in [0.1, 0.15) is 17.5 Å². The molecule has 2 aromatic heterocycles. The molecule has 0 unspecified atom stereocenters. The van der Waals surface area contributed by atoms with E-state index in [0.29, 0.717) is 5.82 Å². The summed E-state index contributed by atoms with van der Waals surface area (Å²) in [6, 6.07) is 2.56. The summed E-state index contributed by atoms with van der Waals surface area (Å²) in [5.74, 6) is -1.59. The van der Waals surface area contributed by atoms with Crippen molar-refractivity contribution in [3.8, 4) is 0 Å². The molecule has 2 heterocycles. The van der Waals surface area contributed by atoms with Crippen LogP contribution in [-0.2, 0) is 11.2 Å². The van der Waals surface area contributed by atoms with Crippen molar-refractivity contribution in [1.29, 1.82) is 0 Å². The van der Waals surface area contributed by atoms with Crippen molar-refractivity contribution in [2.45, 2.75) is 45.6 Å². The Kier molecular flexibility index (Phi) is 6.31. The van der Waals surface area contributed by atoms with Crippen LogP contribution in [0, 0.1) is 18.6 Å². The zero-order chi connectivity index (χ0) is 21.0. The highest BCUT2D eigenvalue weighted by Gasteiger charge is 2.15. The Labute approximate surface area is 169 Å². The summed E-state index contributed by atoms with van der Waals surface area (Å²) < 4.78 is 27.1. The number of benzene rings is 1. The highest BCUT2D eigenvalue weighted by molar-refractivity contribution is 5.83. The van der Waals surface area contributed by atoms with E-state index >= 15 is 0 Å².